The highest BCUT2D eigenvalue weighted by Gasteiger charge is 2.31. The van der Waals surface area contributed by atoms with Gasteiger partial charge in [0.15, 0.2) is 11.5 Å². The molecular formula is C29H35N7O3S. The number of amides is 2. The van der Waals surface area contributed by atoms with Gasteiger partial charge in [-0.2, -0.15) is 4.37 Å². The molecule has 0 unspecified atom stereocenters. The van der Waals surface area contributed by atoms with Crippen LogP contribution in [0.25, 0.3) is 0 Å². The van der Waals surface area contributed by atoms with E-state index in [9.17, 15) is 9.59 Å². The van der Waals surface area contributed by atoms with Crippen molar-refractivity contribution < 1.29 is 14.3 Å². The Balaban J connectivity index is 1.17. The number of ether oxygens (including phenoxy) is 1. The van der Waals surface area contributed by atoms with Crippen LogP contribution in [0.4, 0.5) is 16.6 Å². The number of rotatable bonds is 8. The Hall–Kier alpha value is -3.57. The summed E-state index contributed by atoms with van der Waals surface area (Å²) in [7, 11) is 0. The number of primary amides is 1. The van der Waals surface area contributed by atoms with Crippen LogP contribution in [0.3, 0.4) is 0 Å². The highest BCUT2D eigenvalue weighted by molar-refractivity contribution is 7.10. The lowest BCUT2D eigenvalue weighted by molar-refractivity contribution is 0.0847. The van der Waals surface area contributed by atoms with Gasteiger partial charge in [-0.1, -0.05) is 12.1 Å². The van der Waals surface area contributed by atoms with Gasteiger partial charge < -0.3 is 26.0 Å². The van der Waals surface area contributed by atoms with E-state index in [1.54, 1.807) is 6.20 Å². The lowest BCUT2D eigenvalue weighted by Gasteiger charge is -2.40. The highest BCUT2D eigenvalue weighted by Crippen LogP contribution is 2.40. The van der Waals surface area contributed by atoms with Crippen molar-refractivity contribution in [1.29, 1.82) is 0 Å². The van der Waals surface area contributed by atoms with Crippen molar-refractivity contribution in [3.8, 4) is 0 Å². The van der Waals surface area contributed by atoms with E-state index in [0.29, 0.717) is 29.0 Å². The molecular weight excluding hydrogens is 526 g/mol. The second-order valence-corrected chi connectivity index (χ2v) is 11.8. The topological polar surface area (TPSA) is 135 Å². The molecule has 210 valence electrons. The number of anilines is 3. The molecule has 11 heteroatoms. The molecule has 1 saturated carbocycles. The molecule has 10 nitrogen and oxygen atoms in total. The van der Waals surface area contributed by atoms with Crippen LogP contribution in [-0.2, 0) is 4.74 Å². The summed E-state index contributed by atoms with van der Waals surface area (Å²) in [6, 6.07) is 9.93. The van der Waals surface area contributed by atoms with Gasteiger partial charge in [0, 0.05) is 43.3 Å². The molecule has 2 aliphatic heterocycles. The number of nitrogens with one attached hydrogen (secondary N) is 2. The van der Waals surface area contributed by atoms with Gasteiger partial charge in [0.1, 0.15) is 10.8 Å². The maximum absolute atomic E-state index is 13.1. The van der Waals surface area contributed by atoms with E-state index >= 15 is 0 Å². The predicted octanol–water partition coefficient (Wildman–Crippen LogP) is 4.33. The van der Waals surface area contributed by atoms with E-state index in [-0.39, 0.29) is 23.7 Å². The summed E-state index contributed by atoms with van der Waals surface area (Å²) in [4.78, 5) is 36.5. The van der Waals surface area contributed by atoms with E-state index in [0.717, 1.165) is 56.1 Å². The monoisotopic (exact) mass is 561 g/mol. The zero-order valence-corrected chi connectivity index (χ0v) is 23.5. The molecule has 0 bridgehead atoms. The molecule has 3 aromatic rings. The second kappa shape index (κ2) is 11.5. The fourth-order valence-electron chi connectivity index (χ4n) is 5.67. The van der Waals surface area contributed by atoms with E-state index in [1.807, 2.05) is 18.2 Å². The van der Waals surface area contributed by atoms with Gasteiger partial charge in [-0.3, -0.25) is 9.59 Å². The summed E-state index contributed by atoms with van der Waals surface area (Å²) in [5, 5.41) is 7.25. The first-order valence-electron chi connectivity index (χ1n) is 14.1. The maximum atomic E-state index is 13.1. The molecule has 3 fully saturated rings. The molecule has 6 rings (SSSR count). The lowest BCUT2D eigenvalue weighted by atomic mass is 9.96. The van der Waals surface area contributed by atoms with Gasteiger partial charge in [0.25, 0.3) is 11.8 Å². The minimum atomic E-state index is -0.653. The number of hydrogen-bond donors (Lipinski definition) is 3. The van der Waals surface area contributed by atoms with Gasteiger partial charge in [-0.15, -0.1) is 0 Å². The summed E-state index contributed by atoms with van der Waals surface area (Å²) in [5.41, 5.74) is 8.73. The molecule has 0 radical (unpaired) electrons. The zero-order valence-electron chi connectivity index (χ0n) is 22.6. The van der Waals surface area contributed by atoms with Crippen LogP contribution in [0.2, 0.25) is 0 Å². The molecule has 3 aliphatic rings. The van der Waals surface area contributed by atoms with Crippen molar-refractivity contribution in [2.75, 3.05) is 30.0 Å². The largest absolute Gasteiger partial charge is 0.381 e. The smallest absolute Gasteiger partial charge is 0.271 e. The van der Waals surface area contributed by atoms with Gasteiger partial charge >= 0.3 is 0 Å². The maximum Gasteiger partial charge on any atom is 0.271 e. The predicted molar refractivity (Wildman–Crippen MR) is 154 cm³/mol. The molecule has 2 amide bonds. The van der Waals surface area contributed by atoms with Crippen molar-refractivity contribution in [2.24, 2.45) is 5.73 Å². The van der Waals surface area contributed by atoms with Crippen molar-refractivity contribution in [3.63, 3.8) is 0 Å². The molecule has 2 aromatic heterocycles. The third-order valence-corrected chi connectivity index (χ3v) is 8.94. The fourth-order valence-corrected chi connectivity index (χ4v) is 6.39. The standard InChI is InChI=1S/C29H35N7O3S/c1-17-22(32-29(38)21-8-6-19(7-9-21)18-4-5-18)3-2-12-36(17)24-16-31-26(27(30)37)28(33-24)34-25-15-23(35-40-25)20-10-13-39-14-11-20/h6-9,15-18,20,22H,2-5,10-14H2,1H3,(H2,30,37)(H,32,38)(H,33,34)/t17-,22-/m1/s1. The Labute approximate surface area is 237 Å². The summed E-state index contributed by atoms with van der Waals surface area (Å²) in [5.74, 6) is 1.24. The van der Waals surface area contributed by atoms with E-state index in [1.165, 1.54) is 29.9 Å². The number of aromatic nitrogens is 3. The van der Waals surface area contributed by atoms with E-state index in [2.05, 4.69) is 43.9 Å². The summed E-state index contributed by atoms with van der Waals surface area (Å²) in [6.45, 7) is 4.33. The quantitative estimate of drug-likeness (QED) is 0.370. The van der Waals surface area contributed by atoms with Crippen LogP contribution >= 0.6 is 11.5 Å². The third-order valence-electron chi connectivity index (χ3n) is 8.22. The van der Waals surface area contributed by atoms with E-state index in [4.69, 9.17) is 15.5 Å². The molecule has 2 atom stereocenters. The Morgan fingerprint density at radius 3 is 2.58 bits per heavy atom. The number of nitrogens with zero attached hydrogens (tertiary/aromatic N) is 4. The summed E-state index contributed by atoms with van der Waals surface area (Å²) in [6.07, 6.45) is 7.72. The van der Waals surface area contributed by atoms with Crippen LogP contribution in [0.1, 0.15) is 89.4 Å². The SMILES string of the molecule is C[C@@H]1[C@H](NC(=O)c2ccc(C3CC3)cc2)CCCN1c1cnc(C(N)=O)c(Nc2cc(C3CCOCC3)ns2)n1. The van der Waals surface area contributed by atoms with Crippen molar-refractivity contribution >= 4 is 40.0 Å². The highest BCUT2D eigenvalue weighted by atomic mass is 32.1. The van der Waals surface area contributed by atoms with Crippen LogP contribution < -0.4 is 21.3 Å². The Morgan fingerprint density at radius 2 is 1.85 bits per heavy atom. The summed E-state index contributed by atoms with van der Waals surface area (Å²) < 4.78 is 10.1. The van der Waals surface area contributed by atoms with Crippen molar-refractivity contribution in [3.05, 3.63) is 59.0 Å². The first-order valence-corrected chi connectivity index (χ1v) is 14.9. The summed E-state index contributed by atoms with van der Waals surface area (Å²) >= 11 is 1.33. The number of carbonyl (C=O) groups excluding carboxylic acids is 2. The van der Waals surface area contributed by atoms with Crippen molar-refractivity contribution in [1.82, 2.24) is 19.7 Å². The van der Waals surface area contributed by atoms with Gasteiger partial charge in [0.05, 0.1) is 11.9 Å². The third kappa shape index (κ3) is 5.80. The normalized spacial score (nSPS) is 21.7. The zero-order chi connectivity index (χ0) is 27.6. The molecule has 4 heterocycles. The Bertz CT molecular complexity index is 1370. The number of piperidine rings is 1. The second-order valence-electron chi connectivity index (χ2n) is 11.0. The van der Waals surface area contributed by atoms with E-state index < -0.39 is 5.91 Å². The fraction of sp³-hybridized carbons (Fsp3) is 0.483. The van der Waals surface area contributed by atoms with Gasteiger partial charge in [-0.05, 0) is 86.7 Å². The number of hydrogen-bond acceptors (Lipinski definition) is 9. The molecule has 4 N–H and O–H groups in total. The first kappa shape index (κ1) is 26.6. The minimum Gasteiger partial charge on any atom is -0.381 e. The average Bonchev–Trinajstić information content (AvgIpc) is 3.73. The Morgan fingerprint density at radius 1 is 1.07 bits per heavy atom. The molecule has 0 spiro atoms. The van der Waals surface area contributed by atoms with Crippen LogP contribution in [0.5, 0.6) is 0 Å². The van der Waals surface area contributed by atoms with Crippen LogP contribution in [-0.4, -0.2) is 58.0 Å². The Kier molecular flexibility index (Phi) is 7.66. The minimum absolute atomic E-state index is 0.0199. The number of nitrogens with two attached hydrogens (primary N) is 1. The first-order chi connectivity index (χ1) is 19.5. The number of benzene rings is 1. The lowest BCUT2D eigenvalue weighted by Crippen LogP contribution is -2.54. The molecule has 40 heavy (non-hydrogen) atoms. The molecule has 1 aliphatic carbocycles. The van der Waals surface area contributed by atoms with Gasteiger partial charge in [0.2, 0.25) is 0 Å². The molecule has 1 aromatic carbocycles. The van der Waals surface area contributed by atoms with Crippen molar-refractivity contribution in [2.45, 2.75) is 69.4 Å². The van der Waals surface area contributed by atoms with Crippen LogP contribution in [0, 0.1) is 0 Å². The van der Waals surface area contributed by atoms with Crippen LogP contribution in [0.15, 0.2) is 36.5 Å². The number of carbonyl (C=O) groups is 2. The molecule has 2 saturated heterocycles. The van der Waals surface area contributed by atoms with Gasteiger partial charge in [-0.25, -0.2) is 9.97 Å². The average molecular weight is 562 g/mol.